The number of hydrogen-bond acceptors (Lipinski definition) is 4. The van der Waals surface area contributed by atoms with Gasteiger partial charge in [0.05, 0.1) is 27.8 Å². The van der Waals surface area contributed by atoms with Gasteiger partial charge in [0.1, 0.15) is 0 Å². The van der Waals surface area contributed by atoms with Crippen LogP contribution >= 0.6 is 0 Å². The number of nitro groups is 1. The molecule has 3 rings (SSSR count). The zero-order chi connectivity index (χ0) is 18.0. The number of nitrogens with zero attached hydrogens (tertiary/aromatic N) is 3. The van der Waals surface area contributed by atoms with E-state index >= 15 is 0 Å². The lowest BCUT2D eigenvalue weighted by molar-refractivity contribution is -0.384. The van der Waals surface area contributed by atoms with Crippen LogP contribution in [0, 0.1) is 10.1 Å². The number of H-pyrrole nitrogens is 1. The predicted molar refractivity (Wildman–Crippen MR) is 95.3 cm³/mol. The molecule has 0 aliphatic heterocycles. The monoisotopic (exact) mass is 341 g/mol. The summed E-state index contributed by atoms with van der Waals surface area (Å²) < 4.78 is 1.66. The molecule has 0 aliphatic rings. The number of hydrogen-bond donors (Lipinski definition) is 2. The summed E-state index contributed by atoms with van der Waals surface area (Å²) in [6.07, 6.45) is 3.76. The normalized spacial score (nSPS) is 11.0. The predicted octanol–water partition coefficient (Wildman–Crippen LogP) is 3.61. The van der Waals surface area contributed by atoms with Crippen molar-refractivity contribution in [2.45, 2.75) is 26.2 Å². The number of fused-ring (bicyclic) bond motifs is 1. The molecule has 0 fully saturated rings. The van der Waals surface area contributed by atoms with E-state index in [1.807, 2.05) is 19.1 Å². The number of nitrogens with one attached hydrogen (secondary N) is 2. The molecule has 3 aromatic rings. The molecular weight excluding hydrogens is 322 g/mol. The highest BCUT2D eigenvalue weighted by molar-refractivity contribution is 5.93. The Morgan fingerprint density at radius 3 is 2.88 bits per heavy atom. The molecule has 0 saturated carbocycles. The third kappa shape index (κ3) is 3.52. The zero-order valence-electron chi connectivity index (χ0n) is 14.1. The third-order valence-corrected chi connectivity index (χ3v) is 3.97. The Hall–Kier alpha value is -3.16. The Morgan fingerprint density at radius 1 is 1.40 bits per heavy atom. The first-order valence-electron chi connectivity index (χ1n) is 8.08. The SMILES string of the molecule is CCCCC(=O)Nc1ccc2[nH]c(-c3cc([N+](=O)[O-])cn3C)nc2c1. The largest absolute Gasteiger partial charge is 0.342 e. The summed E-state index contributed by atoms with van der Waals surface area (Å²) in [7, 11) is 1.73. The highest BCUT2D eigenvalue weighted by Crippen LogP contribution is 2.26. The van der Waals surface area contributed by atoms with E-state index in [0.717, 1.165) is 18.4 Å². The van der Waals surface area contributed by atoms with Crippen LogP contribution in [0.4, 0.5) is 11.4 Å². The maximum absolute atomic E-state index is 11.8. The molecule has 0 unspecified atom stereocenters. The molecule has 2 aromatic heterocycles. The number of benzene rings is 1. The van der Waals surface area contributed by atoms with E-state index in [1.165, 1.54) is 12.3 Å². The van der Waals surface area contributed by atoms with Gasteiger partial charge in [-0.2, -0.15) is 0 Å². The highest BCUT2D eigenvalue weighted by atomic mass is 16.6. The van der Waals surface area contributed by atoms with Gasteiger partial charge >= 0.3 is 0 Å². The van der Waals surface area contributed by atoms with Gasteiger partial charge in [-0.15, -0.1) is 0 Å². The summed E-state index contributed by atoms with van der Waals surface area (Å²) in [6.45, 7) is 2.04. The highest BCUT2D eigenvalue weighted by Gasteiger charge is 2.16. The molecule has 0 aliphatic carbocycles. The summed E-state index contributed by atoms with van der Waals surface area (Å²) in [6, 6.07) is 6.90. The zero-order valence-corrected chi connectivity index (χ0v) is 14.1. The fraction of sp³-hybridized carbons (Fsp3) is 0.294. The van der Waals surface area contributed by atoms with Crippen LogP contribution in [0.25, 0.3) is 22.6 Å². The number of amides is 1. The van der Waals surface area contributed by atoms with Crippen molar-refractivity contribution in [3.8, 4) is 11.5 Å². The standard InChI is InChI=1S/C17H19N5O3/c1-3-4-5-16(23)18-11-6-7-13-14(8-11)20-17(19-13)15-9-12(22(24)25)10-21(15)2/h6-10H,3-5H2,1-2H3,(H,18,23)(H,19,20). The van der Waals surface area contributed by atoms with E-state index < -0.39 is 4.92 Å². The Labute approximate surface area is 144 Å². The molecular formula is C17H19N5O3. The van der Waals surface area contributed by atoms with Crippen LogP contribution in [0.15, 0.2) is 30.5 Å². The summed E-state index contributed by atoms with van der Waals surface area (Å²) >= 11 is 0. The second kappa shape index (κ2) is 6.76. The minimum absolute atomic E-state index is 0.0156. The van der Waals surface area contributed by atoms with E-state index in [1.54, 1.807) is 17.7 Å². The van der Waals surface area contributed by atoms with Crippen molar-refractivity contribution >= 4 is 28.3 Å². The lowest BCUT2D eigenvalue weighted by Gasteiger charge is -2.04. The van der Waals surface area contributed by atoms with Gasteiger partial charge in [0.2, 0.25) is 5.91 Å². The molecule has 8 nitrogen and oxygen atoms in total. The molecule has 0 bridgehead atoms. The van der Waals surface area contributed by atoms with Gasteiger partial charge in [0.15, 0.2) is 5.82 Å². The molecule has 25 heavy (non-hydrogen) atoms. The third-order valence-electron chi connectivity index (χ3n) is 3.97. The molecule has 0 radical (unpaired) electrons. The maximum Gasteiger partial charge on any atom is 0.287 e. The van der Waals surface area contributed by atoms with Crippen molar-refractivity contribution in [3.63, 3.8) is 0 Å². The van der Waals surface area contributed by atoms with Crippen LogP contribution in [0.5, 0.6) is 0 Å². The van der Waals surface area contributed by atoms with E-state index in [-0.39, 0.29) is 11.6 Å². The fourth-order valence-electron chi connectivity index (χ4n) is 2.65. The number of carbonyl (C=O) groups is 1. The first kappa shape index (κ1) is 16.7. The summed E-state index contributed by atoms with van der Waals surface area (Å²) in [5.74, 6) is 0.523. The smallest absolute Gasteiger partial charge is 0.287 e. The number of aryl methyl sites for hydroxylation is 1. The van der Waals surface area contributed by atoms with Crippen LogP contribution in [0.1, 0.15) is 26.2 Å². The first-order valence-corrected chi connectivity index (χ1v) is 8.08. The summed E-state index contributed by atoms with van der Waals surface area (Å²) in [5, 5.41) is 13.8. The minimum Gasteiger partial charge on any atom is -0.342 e. The van der Waals surface area contributed by atoms with E-state index in [0.29, 0.717) is 29.1 Å². The van der Waals surface area contributed by atoms with Crippen molar-refractivity contribution in [1.29, 1.82) is 0 Å². The summed E-state index contributed by atoms with van der Waals surface area (Å²) in [4.78, 5) is 30.0. The van der Waals surface area contributed by atoms with Crippen LogP contribution in [-0.2, 0) is 11.8 Å². The molecule has 0 spiro atoms. The second-order valence-electron chi connectivity index (χ2n) is 5.92. The topological polar surface area (TPSA) is 106 Å². The van der Waals surface area contributed by atoms with Gasteiger partial charge in [-0.3, -0.25) is 14.9 Å². The van der Waals surface area contributed by atoms with Crippen molar-refractivity contribution < 1.29 is 9.72 Å². The molecule has 0 atom stereocenters. The lowest BCUT2D eigenvalue weighted by Crippen LogP contribution is -2.10. The minimum atomic E-state index is -0.434. The van der Waals surface area contributed by atoms with Gasteiger partial charge < -0.3 is 14.9 Å². The van der Waals surface area contributed by atoms with Crippen LogP contribution in [-0.4, -0.2) is 25.4 Å². The van der Waals surface area contributed by atoms with Gasteiger partial charge in [-0.1, -0.05) is 13.3 Å². The quantitative estimate of drug-likeness (QED) is 0.527. The molecule has 8 heteroatoms. The van der Waals surface area contributed by atoms with Gasteiger partial charge in [-0.25, -0.2) is 4.98 Å². The maximum atomic E-state index is 11.8. The molecule has 130 valence electrons. The van der Waals surface area contributed by atoms with Crippen LogP contribution in [0.3, 0.4) is 0 Å². The van der Waals surface area contributed by atoms with Gasteiger partial charge in [0.25, 0.3) is 5.69 Å². The number of rotatable bonds is 6. The van der Waals surface area contributed by atoms with Crippen molar-refractivity contribution in [2.24, 2.45) is 7.05 Å². The number of aromatic amines is 1. The van der Waals surface area contributed by atoms with E-state index in [9.17, 15) is 14.9 Å². The number of aromatic nitrogens is 3. The molecule has 2 N–H and O–H groups in total. The Bertz CT molecular complexity index is 941. The van der Waals surface area contributed by atoms with Crippen LogP contribution < -0.4 is 5.32 Å². The Balaban J connectivity index is 1.88. The molecule has 1 amide bonds. The van der Waals surface area contributed by atoms with Crippen molar-refractivity contribution in [2.75, 3.05) is 5.32 Å². The fourth-order valence-corrected chi connectivity index (χ4v) is 2.65. The Kier molecular flexibility index (Phi) is 4.51. The van der Waals surface area contributed by atoms with Crippen LogP contribution in [0.2, 0.25) is 0 Å². The van der Waals surface area contributed by atoms with Gasteiger partial charge in [-0.05, 0) is 24.6 Å². The first-order chi connectivity index (χ1) is 12.0. The number of unbranched alkanes of at least 4 members (excludes halogenated alkanes) is 1. The Morgan fingerprint density at radius 2 is 2.20 bits per heavy atom. The average molecular weight is 341 g/mol. The van der Waals surface area contributed by atoms with E-state index in [4.69, 9.17) is 0 Å². The number of carbonyl (C=O) groups excluding carboxylic acids is 1. The molecule has 1 aromatic carbocycles. The van der Waals surface area contributed by atoms with E-state index in [2.05, 4.69) is 15.3 Å². The summed E-state index contributed by atoms with van der Waals surface area (Å²) in [5.41, 5.74) is 2.81. The molecule has 0 saturated heterocycles. The lowest BCUT2D eigenvalue weighted by atomic mass is 10.2. The number of imidazole rings is 1. The average Bonchev–Trinajstić information content (AvgIpc) is 3.15. The van der Waals surface area contributed by atoms with Crippen molar-refractivity contribution in [1.82, 2.24) is 14.5 Å². The number of anilines is 1. The van der Waals surface area contributed by atoms with Crippen molar-refractivity contribution in [3.05, 3.63) is 40.6 Å². The molecule has 2 heterocycles. The second-order valence-corrected chi connectivity index (χ2v) is 5.92. The van der Waals surface area contributed by atoms with Gasteiger partial charge in [0, 0.05) is 25.2 Å².